The van der Waals surface area contributed by atoms with Gasteiger partial charge < -0.3 is 9.47 Å². The van der Waals surface area contributed by atoms with Crippen molar-refractivity contribution in [2.24, 2.45) is 5.41 Å². The van der Waals surface area contributed by atoms with Gasteiger partial charge in [0.05, 0.1) is 32.0 Å². The van der Waals surface area contributed by atoms with Crippen molar-refractivity contribution in [3.63, 3.8) is 0 Å². The van der Waals surface area contributed by atoms with Gasteiger partial charge in [0.25, 0.3) is 0 Å². The average Bonchev–Trinajstić information content (AvgIpc) is 3.17. The molecule has 2 aliphatic rings. The van der Waals surface area contributed by atoms with Crippen LogP contribution < -0.4 is 0 Å². The molecule has 0 bridgehead atoms. The number of hydrogen-bond donors (Lipinski definition) is 0. The molecule has 2 rings (SSSR count). The van der Waals surface area contributed by atoms with Crippen molar-refractivity contribution in [1.29, 1.82) is 0 Å². The predicted molar refractivity (Wildman–Crippen MR) is 78.0 cm³/mol. The van der Waals surface area contributed by atoms with Crippen molar-refractivity contribution in [2.75, 3.05) is 44.9 Å². The van der Waals surface area contributed by atoms with E-state index in [0.717, 1.165) is 39.1 Å². The molecule has 1 heterocycles. The molecular formula is C14H25NO4S. The molecule has 0 aromatic heterocycles. The van der Waals surface area contributed by atoms with E-state index in [9.17, 15) is 9.00 Å². The van der Waals surface area contributed by atoms with Crippen molar-refractivity contribution >= 4 is 16.8 Å². The Morgan fingerprint density at radius 3 is 2.85 bits per heavy atom. The van der Waals surface area contributed by atoms with Crippen molar-refractivity contribution in [3.05, 3.63) is 0 Å². The first-order valence-electron chi connectivity index (χ1n) is 7.32. The van der Waals surface area contributed by atoms with Crippen molar-refractivity contribution < 1.29 is 18.5 Å². The van der Waals surface area contributed by atoms with E-state index in [4.69, 9.17) is 9.47 Å². The van der Waals surface area contributed by atoms with Gasteiger partial charge in [0, 0.05) is 29.6 Å². The molecule has 1 saturated carbocycles. The molecule has 1 saturated heterocycles. The Kier molecular flexibility index (Phi) is 5.57. The summed E-state index contributed by atoms with van der Waals surface area (Å²) in [6.45, 7) is 5.70. The van der Waals surface area contributed by atoms with E-state index in [0.29, 0.717) is 17.9 Å². The monoisotopic (exact) mass is 303 g/mol. The lowest BCUT2D eigenvalue weighted by Crippen LogP contribution is -2.44. The second kappa shape index (κ2) is 7.00. The maximum Gasteiger partial charge on any atom is 0.306 e. The SMILES string of the molecule is CCN1CCOC(CS(=O)CC2(CC(=O)OC)CC2)C1. The molecule has 0 N–H and O–H groups in total. The average molecular weight is 303 g/mol. The van der Waals surface area contributed by atoms with Crippen LogP contribution in [0.3, 0.4) is 0 Å². The van der Waals surface area contributed by atoms with Gasteiger partial charge in [0.1, 0.15) is 0 Å². The molecule has 2 atom stereocenters. The highest BCUT2D eigenvalue weighted by molar-refractivity contribution is 7.85. The Balaban J connectivity index is 1.76. The zero-order valence-corrected chi connectivity index (χ0v) is 13.2. The van der Waals surface area contributed by atoms with E-state index >= 15 is 0 Å². The molecule has 20 heavy (non-hydrogen) atoms. The minimum atomic E-state index is -0.919. The second-order valence-corrected chi connectivity index (χ2v) is 7.39. The summed E-state index contributed by atoms with van der Waals surface area (Å²) in [6, 6.07) is 0. The quantitative estimate of drug-likeness (QED) is 0.651. The Hall–Kier alpha value is -0.460. The Labute approximate surface area is 123 Å². The Morgan fingerprint density at radius 2 is 2.25 bits per heavy atom. The van der Waals surface area contributed by atoms with Gasteiger partial charge in [-0.25, -0.2) is 0 Å². The van der Waals surface area contributed by atoms with Crippen LogP contribution in [0.15, 0.2) is 0 Å². The molecule has 1 aliphatic carbocycles. The van der Waals surface area contributed by atoms with Gasteiger partial charge in [0.15, 0.2) is 0 Å². The van der Waals surface area contributed by atoms with Gasteiger partial charge in [-0.3, -0.25) is 13.9 Å². The highest BCUT2D eigenvalue weighted by Crippen LogP contribution is 2.49. The minimum absolute atomic E-state index is 0.0585. The standard InChI is InChI=1S/C14H25NO4S/c1-3-15-6-7-19-12(9-15)10-20(17)11-14(4-5-14)8-13(16)18-2/h12H,3-11H2,1-2H3. The fourth-order valence-corrected chi connectivity index (χ4v) is 4.51. The number of esters is 1. The smallest absolute Gasteiger partial charge is 0.306 e. The normalized spacial score (nSPS) is 27.0. The first-order chi connectivity index (χ1) is 9.57. The van der Waals surface area contributed by atoms with Gasteiger partial charge in [-0.05, 0) is 24.8 Å². The molecule has 2 fully saturated rings. The lowest BCUT2D eigenvalue weighted by molar-refractivity contribution is -0.141. The molecule has 0 radical (unpaired) electrons. The molecule has 116 valence electrons. The number of nitrogens with zero attached hydrogens (tertiary/aromatic N) is 1. The highest BCUT2D eigenvalue weighted by atomic mass is 32.2. The minimum Gasteiger partial charge on any atom is -0.469 e. The van der Waals surface area contributed by atoms with Crippen LogP contribution in [-0.4, -0.2) is 66.0 Å². The van der Waals surface area contributed by atoms with Crippen molar-refractivity contribution in [2.45, 2.75) is 32.3 Å². The Bertz CT molecular complexity index is 370. The summed E-state index contributed by atoms with van der Waals surface area (Å²) in [7, 11) is 0.488. The molecule has 0 aromatic carbocycles. The zero-order chi connectivity index (χ0) is 14.6. The summed E-state index contributed by atoms with van der Waals surface area (Å²) in [5.41, 5.74) is -0.0585. The lowest BCUT2D eigenvalue weighted by atomic mass is 10.1. The molecule has 0 spiro atoms. The molecule has 1 aliphatic heterocycles. The maximum absolute atomic E-state index is 12.3. The van der Waals surface area contributed by atoms with Gasteiger partial charge in [-0.15, -0.1) is 0 Å². The van der Waals surface area contributed by atoms with Crippen LogP contribution >= 0.6 is 0 Å². The third kappa shape index (κ3) is 4.53. The van der Waals surface area contributed by atoms with E-state index in [1.54, 1.807) is 0 Å². The number of rotatable bonds is 7. The van der Waals surface area contributed by atoms with Gasteiger partial charge in [-0.2, -0.15) is 0 Å². The van der Waals surface area contributed by atoms with Gasteiger partial charge in [0.2, 0.25) is 0 Å². The lowest BCUT2D eigenvalue weighted by Gasteiger charge is -2.32. The van der Waals surface area contributed by atoms with E-state index < -0.39 is 10.8 Å². The number of morpholine rings is 1. The summed E-state index contributed by atoms with van der Waals surface area (Å²) in [5.74, 6) is 0.999. The summed E-state index contributed by atoms with van der Waals surface area (Å²) >= 11 is 0. The summed E-state index contributed by atoms with van der Waals surface area (Å²) in [6.07, 6.45) is 2.45. The molecule has 2 unspecified atom stereocenters. The van der Waals surface area contributed by atoms with Crippen LogP contribution in [0.2, 0.25) is 0 Å². The van der Waals surface area contributed by atoms with Crippen LogP contribution in [0, 0.1) is 5.41 Å². The first kappa shape index (κ1) is 15.9. The van der Waals surface area contributed by atoms with Crippen LogP contribution in [0.5, 0.6) is 0 Å². The summed E-state index contributed by atoms with van der Waals surface area (Å²) in [5, 5.41) is 0. The molecular weight excluding hydrogens is 278 g/mol. The number of hydrogen-bond acceptors (Lipinski definition) is 5. The van der Waals surface area contributed by atoms with Crippen LogP contribution in [0.1, 0.15) is 26.2 Å². The van der Waals surface area contributed by atoms with Crippen LogP contribution in [0.4, 0.5) is 0 Å². The fourth-order valence-electron chi connectivity index (χ4n) is 2.70. The third-order valence-electron chi connectivity index (χ3n) is 4.21. The second-order valence-electron chi connectivity index (χ2n) is 5.89. The molecule has 5 nitrogen and oxygen atoms in total. The maximum atomic E-state index is 12.3. The molecule has 0 amide bonds. The first-order valence-corrected chi connectivity index (χ1v) is 8.81. The van der Waals surface area contributed by atoms with Gasteiger partial charge in [-0.1, -0.05) is 6.92 Å². The van der Waals surface area contributed by atoms with E-state index in [2.05, 4.69) is 11.8 Å². The summed E-state index contributed by atoms with van der Waals surface area (Å²) < 4.78 is 22.7. The van der Waals surface area contributed by atoms with Crippen LogP contribution in [0.25, 0.3) is 0 Å². The number of methoxy groups -OCH3 is 1. The molecule has 6 heteroatoms. The predicted octanol–water partition coefficient (Wildman–Crippen LogP) is 0.799. The topological polar surface area (TPSA) is 55.8 Å². The van der Waals surface area contributed by atoms with Crippen molar-refractivity contribution in [1.82, 2.24) is 4.90 Å². The number of carbonyl (C=O) groups excluding carboxylic acids is 1. The van der Waals surface area contributed by atoms with E-state index in [-0.39, 0.29) is 17.5 Å². The Morgan fingerprint density at radius 1 is 1.50 bits per heavy atom. The third-order valence-corrected chi connectivity index (χ3v) is 5.89. The fraction of sp³-hybridized carbons (Fsp3) is 0.929. The molecule has 0 aromatic rings. The van der Waals surface area contributed by atoms with Crippen molar-refractivity contribution in [3.8, 4) is 0 Å². The van der Waals surface area contributed by atoms with E-state index in [1.807, 2.05) is 0 Å². The highest BCUT2D eigenvalue weighted by Gasteiger charge is 2.46. The number of ether oxygens (including phenoxy) is 2. The van der Waals surface area contributed by atoms with Crippen LogP contribution in [-0.2, 0) is 25.1 Å². The van der Waals surface area contributed by atoms with Gasteiger partial charge >= 0.3 is 5.97 Å². The number of carbonyl (C=O) groups is 1. The number of likely N-dealkylation sites (N-methyl/N-ethyl adjacent to an activating group) is 1. The van der Waals surface area contributed by atoms with E-state index in [1.165, 1.54) is 7.11 Å². The summed E-state index contributed by atoms with van der Waals surface area (Å²) in [4.78, 5) is 13.7. The zero-order valence-electron chi connectivity index (χ0n) is 12.4. The largest absolute Gasteiger partial charge is 0.469 e.